The summed E-state index contributed by atoms with van der Waals surface area (Å²) in [6.45, 7) is 16.0. The van der Waals surface area contributed by atoms with Gasteiger partial charge < -0.3 is 9.09 Å². The van der Waals surface area contributed by atoms with Crippen LogP contribution in [0.5, 0.6) is 5.75 Å². The van der Waals surface area contributed by atoms with E-state index in [0.29, 0.717) is 16.3 Å². The van der Waals surface area contributed by atoms with Crippen molar-refractivity contribution in [3.63, 3.8) is 0 Å². The maximum Gasteiger partial charge on any atom is 0.398 e. The van der Waals surface area contributed by atoms with Gasteiger partial charge >= 0.3 is 8.60 Å². The van der Waals surface area contributed by atoms with Crippen LogP contribution in [0.3, 0.4) is 0 Å². The first-order valence-corrected chi connectivity index (χ1v) is 10.4. The van der Waals surface area contributed by atoms with E-state index in [9.17, 15) is 0 Å². The third kappa shape index (κ3) is 6.11. The summed E-state index contributed by atoms with van der Waals surface area (Å²) >= 11 is 5.27. The molecule has 0 unspecified atom stereocenters. The van der Waals surface area contributed by atoms with Crippen LogP contribution in [0, 0.1) is 18.6 Å². The Morgan fingerprint density at radius 2 is 1.52 bits per heavy atom. The molecule has 0 bridgehead atoms. The molecule has 0 aliphatic heterocycles. The van der Waals surface area contributed by atoms with Gasteiger partial charge in [-0.25, -0.2) is 0 Å². The second kappa shape index (κ2) is 8.00. The van der Waals surface area contributed by atoms with Crippen molar-refractivity contribution < 1.29 is 13.6 Å². The molecule has 1 aromatic carbocycles. The standard InChI is InChI=1S/C19H30N3O3PS/c1-12-10-14(16-20-21-17(27)22(16)9)15(11-13(12)2)23-26(24-18(3,4)5)25-19(6,7)8/h10-11H,1-9H3,(H,21,27). The topological polar surface area (TPSA) is 61.3 Å². The fourth-order valence-corrected chi connectivity index (χ4v) is 3.66. The molecule has 2 rings (SSSR count). The second-order valence-electron chi connectivity index (χ2n) is 8.57. The number of benzene rings is 1. The lowest BCUT2D eigenvalue weighted by Gasteiger charge is -2.30. The first kappa shape index (κ1) is 22.0. The summed E-state index contributed by atoms with van der Waals surface area (Å²) in [6.07, 6.45) is 0. The average Bonchev–Trinajstić information content (AvgIpc) is 2.79. The molecule has 27 heavy (non-hydrogen) atoms. The predicted molar refractivity (Wildman–Crippen MR) is 113 cm³/mol. The van der Waals surface area contributed by atoms with Crippen LogP contribution in [0.1, 0.15) is 52.7 Å². The first-order chi connectivity index (χ1) is 12.3. The van der Waals surface area contributed by atoms with E-state index in [-0.39, 0.29) is 0 Å². The minimum absolute atomic E-state index is 0.401. The number of nitrogens with zero attached hydrogens (tertiary/aromatic N) is 2. The molecule has 6 nitrogen and oxygen atoms in total. The summed E-state index contributed by atoms with van der Waals surface area (Å²) in [5, 5.41) is 7.19. The number of aromatic nitrogens is 3. The molecule has 1 N–H and O–H groups in total. The van der Waals surface area contributed by atoms with Gasteiger partial charge in [0.25, 0.3) is 0 Å². The van der Waals surface area contributed by atoms with Crippen molar-refractivity contribution >= 4 is 20.8 Å². The fourth-order valence-electron chi connectivity index (χ4n) is 2.21. The van der Waals surface area contributed by atoms with Crippen LogP contribution in [0.25, 0.3) is 11.4 Å². The lowest BCUT2D eigenvalue weighted by atomic mass is 10.0. The number of rotatable bonds is 5. The summed E-state index contributed by atoms with van der Waals surface area (Å²) in [5.74, 6) is 1.37. The lowest BCUT2D eigenvalue weighted by molar-refractivity contribution is 0.0505. The van der Waals surface area contributed by atoms with Crippen LogP contribution in [-0.4, -0.2) is 26.0 Å². The molecule has 0 aliphatic carbocycles. The molecule has 150 valence electrons. The molecule has 2 aromatic rings. The van der Waals surface area contributed by atoms with Crippen molar-refractivity contribution in [3.05, 3.63) is 28.0 Å². The highest BCUT2D eigenvalue weighted by atomic mass is 32.1. The van der Waals surface area contributed by atoms with Gasteiger partial charge in [0, 0.05) is 7.05 Å². The molecule has 0 saturated heterocycles. The van der Waals surface area contributed by atoms with E-state index in [1.165, 1.54) is 0 Å². The summed E-state index contributed by atoms with van der Waals surface area (Å²) in [6, 6.07) is 4.05. The Labute approximate surface area is 168 Å². The highest BCUT2D eigenvalue weighted by molar-refractivity contribution is 7.71. The van der Waals surface area contributed by atoms with E-state index in [2.05, 4.69) is 23.2 Å². The van der Waals surface area contributed by atoms with Crippen LogP contribution in [0.2, 0.25) is 0 Å². The summed E-state index contributed by atoms with van der Waals surface area (Å²) in [7, 11) is 0.257. The average molecular weight is 412 g/mol. The molecule has 0 saturated carbocycles. The summed E-state index contributed by atoms with van der Waals surface area (Å²) in [5.41, 5.74) is 2.30. The van der Waals surface area contributed by atoms with Crippen LogP contribution in [0.4, 0.5) is 0 Å². The molecule has 0 spiro atoms. The minimum atomic E-state index is -1.62. The molecule has 0 atom stereocenters. The molecule has 8 heteroatoms. The zero-order chi connectivity index (χ0) is 20.6. The molecule has 0 fully saturated rings. The van der Waals surface area contributed by atoms with Crippen LogP contribution < -0.4 is 4.52 Å². The van der Waals surface area contributed by atoms with Crippen LogP contribution in [0.15, 0.2) is 12.1 Å². The van der Waals surface area contributed by atoms with E-state index in [4.69, 9.17) is 25.8 Å². The highest BCUT2D eigenvalue weighted by Gasteiger charge is 2.30. The Hall–Kier alpha value is -1.27. The van der Waals surface area contributed by atoms with Gasteiger partial charge in [0.2, 0.25) is 0 Å². The molecular weight excluding hydrogens is 381 g/mol. The zero-order valence-corrected chi connectivity index (χ0v) is 19.3. The Morgan fingerprint density at radius 1 is 1.00 bits per heavy atom. The van der Waals surface area contributed by atoms with E-state index in [1.807, 2.05) is 66.1 Å². The molecule has 1 heterocycles. The smallest absolute Gasteiger partial charge is 0.398 e. The fraction of sp³-hybridized carbons (Fsp3) is 0.579. The SMILES string of the molecule is Cc1cc(OP(OC(C)(C)C)OC(C)(C)C)c(-c2n[nH]c(=S)n2C)cc1C. The van der Waals surface area contributed by atoms with Gasteiger partial charge in [-0.2, -0.15) is 5.10 Å². The second-order valence-corrected chi connectivity index (χ2v) is 9.95. The van der Waals surface area contributed by atoms with Gasteiger partial charge in [-0.05, 0) is 90.9 Å². The largest absolute Gasteiger partial charge is 0.426 e. The van der Waals surface area contributed by atoms with Crippen LogP contribution >= 0.6 is 20.8 Å². The van der Waals surface area contributed by atoms with Gasteiger partial charge in [0.05, 0.1) is 16.8 Å². The summed E-state index contributed by atoms with van der Waals surface area (Å²) < 4.78 is 20.8. The molecule has 0 amide bonds. The number of hydrogen-bond donors (Lipinski definition) is 1. The van der Waals surface area contributed by atoms with Gasteiger partial charge in [0.15, 0.2) is 10.6 Å². The Kier molecular flexibility index (Phi) is 6.52. The monoisotopic (exact) mass is 411 g/mol. The molecule has 0 aliphatic rings. The number of aromatic amines is 1. The van der Waals surface area contributed by atoms with Crippen molar-refractivity contribution in [1.82, 2.24) is 14.8 Å². The summed E-state index contributed by atoms with van der Waals surface area (Å²) in [4.78, 5) is 0. The van der Waals surface area contributed by atoms with Gasteiger partial charge in [-0.15, -0.1) is 0 Å². The number of aryl methyl sites for hydroxylation is 2. The lowest BCUT2D eigenvalue weighted by Crippen LogP contribution is -2.23. The third-order valence-electron chi connectivity index (χ3n) is 3.59. The van der Waals surface area contributed by atoms with Crippen molar-refractivity contribution in [2.45, 2.75) is 66.6 Å². The Balaban J connectivity index is 2.50. The maximum atomic E-state index is 6.27. The zero-order valence-electron chi connectivity index (χ0n) is 17.6. The van der Waals surface area contributed by atoms with E-state index in [1.54, 1.807) is 0 Å². The van der Waals surface area contributed by atoms with E-state index < -0.39 is 19.8 Å². The first-order valence-electron chi connectivity index (χ1n) is 8.86. The van der Waals surface area contributed by atoms with Gasteiger partial charge in [-0.3, -0.25) is 14.1 Å². The Morgan fingerprint density at radius 3 is 1.96 bits per heavy atom. The minimum Gasteiger partial charge on any atom is -0.426 e. The highest BCUT2D eigenvalue weighted by Crippen LogP contribution is 2.49. The van der Waals surface area contributed by atoms with E-state index in [0.717, 1.165) is 16.7 Å². The quantitative estimate of drug-likeness (QED) is 0.483. The van der Waals surface area contributed by atoms with E-state index >= 15 is 0 Å². The van der Waals surface area contributed by atoms with Gasteiger partial charge in [-0.1, -0.05) is 0 Å². The normalized spacial score (nSPS) is 12.7. The van der Waals surface area contributed by atoms with Gasteiger partial charge in [0.1, 0.15) is 5.75 Å². The number of hydrogen-bond acceptors (Lipinski definition) is 5. The maximum absolute atomic E-state index is 6.27. The Bertz CT molecular complexity index is 847. The molecular formula is C19H30N3O3PS. The van der Waals surface area contributed by atoms with Crippen molar-refractivity contribution in [2.24, 2.45) is 7.05 Å². The number of H-pyrrole nitrogens is 1. The van der Waals surface area contributed by atoms with Crippen LogP contribution in [-0.2, 0) is 16.1 Å². The number of nitrogens with one attached hydrogen (secondary N) is 1. The predicted octanol–water partition coefficient (Wildman–Crippen LogP) is 6.00. The van der Waals surface area contributed by atoms with Crippen molar-refractivity contribution in [3.8, 4) is 17.1 Å². The molecule has 1 aromatic heterocycles. The third-order valence-corrected chi connectivity index (χ3v) is 5.69. The van der Waals surface area contributed by atoms with Crippen molar-refractivity contribution in [2.75, 3.05) is 0 Å². The molecule has 0 radical (unpaired) electrons. The van der Waals surface area contributed by atoms with Crippen molar-refractivity contribution in [1.29, 1.82) is 0 Å².